The third kappa shape index (κ3) is 8.55. The van der Waals surface area contributed by atoms with E-state index < -0.39 is 0 Å². The Hall–Kier alpha value is -2.94. The Morgan fingerprint density at radius 2 is 1.66 bits per heavy atom. The van der Waals surface area contributed by atoms with Crippen LogP contribution in [0.5, 0.6) is 0 Å². The number of benzene rings is 2. The molecule has 38 heavy (non-hydrogen) atoms. The highest BCUT2D eigenvalue weighted by molar-refractivity contribution is 6.02. The topological polar surface area (TPSA) is 77.2 Å². The number of nitrogens with zero attached hydrogens (tertiary/aromatic N) is 3. The Bertz CT molecular complexity index is 1020. The number of carbonyl (C=O) groups is 2. The first-order valence-electron chi connectivity index (χ1n) is 14.2. The summed E-state index contributed by atoms with van der Waals surface area (Å²) in [5, 5.41) is 6.12. The van der Waals surface area contributed by atoms with Crippen molar-refractivity contribution in [3.8, 4) is 0 Å². The van der Waals surface area contributed by atoms with Crippen molar-refractivity contribution < 1.29 is 14.3 Å². The molecule has 0 bridgehead atoms. The molecule has 8 heteroatoms. The van der Waals surface area contributed by atoms with Crippen LogP contribution in [0.3, 0.4) is 0 Å². The molecule has 0 radical (unpaired) electrons. The molecule has 2 saturated heterocycles. The van der Waals surface area contributed by atoms with Gasteiger partial charge in [0.2, 0.25) is 5.91 Å². The number of hydrogen-bond donors (Lipinski definition) is 2. The summed E-state index contributed by atoms with van der Waals surface area (Å²) in [5.41, 5.74) is 3.55. The molecule has 0 spiro atoms. The second-order valence-corrected chi connectivity index (χ2v) is 10.2. The highest BCUT2D eigenvalue weighted by Crippen LogP contribution is 2.26. The molecule has 0 aliphatic carbocycles. The van der Waals surface area contributed by atoms with E-state index in [1.165, 1.54) is 5.56 Å². The first-order chi connectivity index (χ1) is 18.6. The van der Waals surface area contributed by atoms with Crippen LogP contribution in [0.15, 0.2) is 48.5 Å². The summed E-state index contributed by atoms with van der Waals surface area (Å²) >= 11 is 0. The lowest BCUT2D eigenvalue weighted by atomic mass is 10.1. The number of unbranched alkanes of at least 4 members (excludes halogenated alkanes) is 2. The highest BCUT2D eigenvalue weighted by Gasteiger charge is 2.23. The van der Waals surface area contributed by atoms with Crippen molar-refractivity contribution in [3.63, 3.8) is 0 Å². The fourth-order valence-electron chi connectivity index (χ4n) is 5.07. The average Bonchev–Trinajstić information content (AvgIpc) is 2.95. The second-order valence-electron chi connectivity index (χ2n) is 10.2. The number of carbonyl (C=O) groups excluding carboxylic acids is 2. The van der Waals surface area contributed by atoms with Gasteiger partial charge in [0.1, 0.15) is 0 Å². The van der Waals surface area contributed by atoms with E-state index in [0.717, 1.165) is 90.5 Å². The molecular formula is C30H43N5O3. The molecule has 2 heterocycles. The predicted octanol–water partition coefficient (Wildman–Crippen LogP) is 3.59. The Morgan fingerprint density at radius 3 is 2.39 bits per heavy atom. The van der Waals surface area contributed by atoms with E-state index >= 15 is 0 Å². The molecule has 2 amide bonds. The number of anilines is 2. The van der Waals surface area contributed by atoms with E-state index in [9.17, 15) is 9.59 Å². The van der Waals surface area contributed by atoms with Crippen LogP contribution in [0.1, 0.15) is 48.5 Å². The van der Waals surface area contributed by atoms with Gasteiger partial charge in [-0.15, -0.1) is 0 Å². The SMILES string of the molecule is CCCCCC(=O)Nc1ccc(N2CCN(Cc3ccccc3)CC2)c(C(=O)NCCN2CCOCC2)c1. The number of ether oxygens (including phenoxy) is 1. The monoisotopic (exact) mass is 521 g/mol. The van der Waals surface area contributed by atoms with Gasteiger partial charge in [-0.05, 0) is 30.2 Å². The summed E-state index contributed by atoms with van der Waals surface area (Å²) in [7, 11) is 0. The van der Waals surface area contributed by atoms with Crippen molar-refractivity contribution >= 4 is 23.2 Å². The van der Waals surface area contributed by atoms with Crippen molar-refractivity contribution in [3.05, 3.63) is 59.7 Å². The van der Waals surface area contributed by atoms with Gasteiger partial charge in [0.15, 0.2) is 0 Å². The summed E-state index contributed by atoms with van der Waals surface area (Å²) in [6, 6.07) is 16.3. The van der Waals surface area contributed by atoms with Gasteiger partial charge >= 0.3 is 0 Å². The Balaban J connectivity index is 1.40. The van der Waals surface area contributed by atoms with Gasteiger partial charge < -0.3 is 20.3 Å². The summed E-state index contributed by atoms with van der Waals surface area (Å²) in [4.78, 5) is 32.9. The van der Waals surface area contributed by atoms with Crippen LogP contribution in [0.2, 0.25) is 0 Å². The fourth-order valence-corrected chi connectivity index (χ4v) is 5.07. The fraction of sp³-hybridized carbons (Fsp3) is 0.533. The van der Waals surface area contributed by atoms with Crippen LogP contribution < -0.4 is 15.5 Å². The molecule has 0 atom stereocenters. The van der Waals surface area contributed by atoms with Gasteiger partial charge in [0, 0.05) is 76.7 Å². The van der Waals surface area contributed by atoms with Gasteiger partial charge in [-0.2, -0.15) is 0 Å². The number of amides is 2. The van der Waals surface area contributed by atoms with E-state index in [0.29, 0.717) is 24.2 Å². The largest absolute Gasteiger partial charge is 0.379 e. The van der Waals surface area contributed by atoms with E-state index in [-0.39, 0.29) is 11.8 Å². The molecule has 0 unspecified atom stereocenters. The summed E-state index contributed by atoms with van der Waals surface area (Å²) in [6.45, 7) is 11.3. The maximum atomic E-state index is 13.4. The molecule has 2 aromatic rings. The quantitative estimate of drug-likeness (QED) is 0.416. The first kappa shape index (κ1) is 28.1. The van der Waals surface area contributed by atoms with Crippen molar-refractivity contribution in [2.24, 2.45) is 0 Å². The molecule has 0 saturated carbocycles. The molecule has 2 aromatic carbocycles. The van der Waals surface area contributed by atoms with E-state index in [4.69, 9.17) is 4.74 Å². The Labute approximate surface area is 227 Å². The average molecular weight is 522 g/mol. The van der Waals surface area contributed by atoms with E-state index in [2.05, 4.69) is 56.5 Å². The molecule has 2 fully saturated rings. The molecule has 8 nitrogen and oxygen atoms in total. The van der Waals surface area contributed by atoms with E-state index in [1.54, 1.807) is 0 Å². The van der Waals surface area contributed by atoms with Gasteiger partial charge in [-0.25, -0.2) is 0 Å². The zero-order valence-corrected chi connectivity index (χ0v) is 22.8. The molecule has 0 aromatic heterocycles. The molecule has 2 N–H and O–H groups in total. The van der Waals surface area contributed by atoms with Crippen LogP contribution in [0.25, 0.3) is 0 Å². The molecule has 4 rings (SSSR count). The van der Waals surface area contributed by atoms with Gasteiger partial charge in [-0.1, -0.05) is 50.1 Å². The van der Waals surface area contributed by atoms with Crippen molar-refractivity contribution in [2.75, 3.05) is 75.8 Å². The normalized spacial score (nSPS) is 16.8. The van der Waals surface area contributed by atoms with Crippen LogP contribution in [-0.4, -0.2) is 87.2 Å². The molecule has 2 aliphatic heterocycles. The maximum absolute atomic E-state index is 13.4. The van der Waals surface area contributed by atoms with Gasteiger partial charge in [-0.3, -0.25) is 19.4 Å². The Morgan fingerprint density at radius 1 is 0.895 bits per heavy atom. The van der Waals surface area contributed by atoms with Crippen molar-refractivity contribution in [1.82, 2.24) is 15.1 Å². The van der Waals surface area contributed by atoms with Crippen molar-refractivity contribution in [2.45, 2.75) is 39.2 Å². The summed E-state index contributed by atoms with van der Waals surface area (Å²) in [5.74, 6) is -0.0959. The molecule has 206 valence electrons. The van der Waals surface area contributed by atoms with Gasteiger partial charge in [0.25, 0.3) is 5.91 Å². The minimum atomic E-state index is -0.0953. The zero-order chi connectivity index (χ0) is 26.6. The number of hydrogen-bond acceptors (Lipinski definition) is 6. The predicted molar refractivity (Wildman–Crippen MR) is 153 cm³/mol. The lowest BCUT2D eigenvalue weighted by Gasteiger charge is -2.37. The van der Waals surface area contributed by atoms with Crippen LogP contribution in [0, 0.1) is 0 Å². The number of rotatable bonds is 12. The van der Waals surface area contributed by atoms with Crippen LogP contribution in [0.4, 0.5) is 11.4 Å². The lowest BCUT2D eigenvalue weighted by Crippen LogP contribution is -2.46. The number of piperazine rings is 1. The third-order valence-electron chi connectivity index (χ3n) is 7.31. The van der Waals surface area contributed by atoms with Crippen molar-refractivity contribution in [1.29, 1.82) is 0 Å². The van der Waals surface area contributed by atoms with Gasteiger partial charge in [0.05, 0.1) is 18.8 Å². The molecular weight excluding hydrogens is 478 g/mol. The Kier molecular flexibility index (Phi) is 11.0. The second kappa shape index (κ2) is 14.9. The van der Waals surface area contributed by atoms with E-state index in [1.807, 2.05) is 24.3 Å². The molecule has 2 aliphatic rings. The minimum absolute atomic E-state index is 0.000554. The number of morpholine rings is 1. The zero-order valence-electron chi connectivity index (χ0n) is 22.8. The number of nitrogens with one attached hydrogen (secondary N) is 2. The first-order valence-corrected chi connectivity index (χ1v) is 14.2. The van der Waals surface area contributed by atoms with Crippen LogP contribution >= 0.6 is 0 Å². The minimum Gasteiger partial charge on any atom is -0.379 e. The summed E-state index contributed by atoms with van der Waals surface area (Å²) in [6.07, 6.45) is 3.50. The standard InChI is InChI=1S/C30H43N5O3/c1-2-3-5-10-29(36)32-26-11-12-28(27(23-26)30(37)31-13-14-33-19-21-38-22-20-33)35-17-15-34(16-18-35)24-25-8-6-4-7-9-25/h4,6-9,11-12,23H,2-3,5,10,13-22,24H2,1H3,(H,31,37)(H,32,36). The highest BCUT2D eigenvalue weighted by atomic mass is 16.5. The smallest absolute Gasteiger partial charge is 0.253 e. The summed E-state index contributed by atoms with van der Waals surface area (Å²) < 4.78 is 5.42. The van der Waals surface area contributed by atoms with Crippen LogP contribution in [-0.2, 0) is 16.1 Å². The maximum Gasteiger partial charge on any atom is 0.253 e. The third-order valence-corrected chi connectivity index (χ3v) is 7.31. The lowest BCUT2D eigenvalue weighted by molar-refractivity contribution is -0.116.